The Balaban J connectivity index is 2.42. The Morgan fingerprint density at radius 2 is 1.45 bits per heavy atom. The zero-order valence-electron chi connectivity index (χ0n) is 11.0. The van der Waals surface area contributed by atoms with Crippen molar-refractivity contribution in [3.8, 4) is 0 Å². The number of rotatable bonds is 4. The van der Waals surface area contributed by atoms with Crippen LogP contribution in [0.25, 0.3) is 0 Å². The zero-order valence-corrected chi connectivity index (χ0v) is 11.8. The summed E-state index contributed by atoms with van der Waals surface area (Å²) in [6.07, 6.45) is -5.09. The Morgan fingerprint density at radius 3 is 2.05 bits per heavy atom. The Bertz CT molecular complexity index is 786. The van der Waals surface area contributed by atoms with Crippen molar-refractivity contribution in [3.05, 3.63) is 60.2 Å². The van der Waals surface area contributed by atoms with E-state index in [-0.39, 0.29) is 4.90 Å². The number of anilines is 1. The van der Waals surface area contributed by atoms with E-state index in [1.165, 1.54) is 36.4 Å². The first-order valence-electron chi connectivity index (χ1n) is 6.00. The van der Waals surface area contributed by atoms with Gasteiger partial charge in [0.15, 0.2) is 0 Å². The molecule has 0 aliphatic heterocycles. The van der Waals surface area contributed by atoms with Gasteiger partial charge in [0.2, 0.25) is 0 Å². The lowest BCUT2D eigenvalue weighted by Crippen LogP contribution is -2.25. The number of nitrogens with one attached hydrogen (secondary N) is 1. The molecule has 0 heterocycles. The van der Waals surface area contributed by atoms with Crippen LogP contribution in [-0.4, -0.2) is 20.4 Å². The second-order valence-electron chi connectivity index (χ2n) is 4.29. The van der Waals surface area contributed by atoms with E-state index in [4.69, 9.17) is 0 Å². The maximum Gasteiger partial charge on any atom is 0.454 e. The molecule has 116 valence electrons. The lowest BCUT2D eigenvalue weighted by molar-refractivity contribution is -0.0884. The van der Waals surface area contributed by atoms with E-state index in [1.54, 1.807) is 6.07 Å². The van der Waals surface area contributed by atoms with Crippen LogP contribution in [0, 0.1) is 0 Å². The van der Waals surface area contributed by atoms with E-state index in [2.05, 4.69) is 0 Å². The number of halogens is 3. The summed E-state index contributed by atoms with van der Waals surface area (Å²) in [5, 5.41) is 0. The zero-order chi connectivity index (χ0) is 16.4. The first-order valence-corrected chi connectivity index (χ1v) is 7.48. The first kappa shape index (κ1) is 16.0. The third-order valence-electron chi connectivity index (χ3n) is 2.73. The number of benzene rings is 2. The third-order valence-corrected chi connectivity index (χ3v) is 4.11. The molecule has 0 unspecified atom stereocenters. The van der Waals surface area contributed by atoms with E-state index < -0.39 is 33.2 Å². The summed E-state index contributed by atoms with van der Waals surface area (Å²) in [6, 6.07) is 11.7. The minimum atomic E-state index is -5.09. The SMILES string of the molecule is O=C(c1ccccc1NS(=O)(=O)c1ccccc1)C(F)(F)F. The average molecular weight is 329 g/mol. The Kier molecular flexibility index (Phi) is 4.23. The largest absolute Gasteiger partial charge is 0.454 e. The fourth-order valence-corrected chi connectivity index (χ4v) is 2.83. The van der Waals surface area contributed by atoms with Crippen molar-refractivity contribution in [2.24, 2.45) is 0 Å². The molecule has 4 nitrogen and oxygen atoms in total. The third kappa shape index (κ3) is 3.45. The van der Waals surface area contributed by atoms with Crippen LogP contribution in [0.5, 0.6) is 0 Å². The van der Waals surface area contributed by atoms with Crippen molar-refractivity contribution in [3.63, 3.8) is 0 Å². The molecule has 1 N–H and O–H groups in total. The molecule has 0 radical (unpaired) electrons. The summed E-state index contributed by atoms with van der Waals surface area (Å²) < 4.78 is 63.9. The number of para-hydroxylation sites is 1. The second kappa shape index (κ2) is 5.80. The molecular weight excluding hydrogens is 319 g/mol. The van der Waals surface area contributed by atoms with Gasteiger partial charge >= 0.3 is 6.18 Å². The molecule has 0 aromatic heterocycles. The van der Waals surface area contributed by atoms with Gasteiger partial charge in [-0.25, -0.2) is 8.42 Å². The van der Waals surface area contributed by atoms with Crippen LogP contribution in [0.3, 0.4) is 0 Å². The van der Waals surface area contributed by atoms with Gasteiger partial charge in [-0.05, 0) is 24.3 Å². The van der Waals surface area contributed by atoms with E-state index >= 15 is 0 Å². The number of carbonyl (C=O) groups excluding carboxylic acids is 1. The molecule has 0 amide bonds. The highest BCUT2D eigenvalue weighted by molar-refractivity contribution is 7.92. The van der Waals surface area contributed by atoms with Crippen LogP contribution >= 0.6 is 0 Å². The topological polar surface area (TPSA) is 63.2 Å². The van der Waals surface area contributed by atoms with Crippen molar-refractivity contribution in [1.29, 1.82) is 0 Å². The number of Topliss-reactive ketones (excluding diaryl/α,β-unsaturated/α-hetero) is 1. The molecule has 0 atom stereocenters. The highest BCUT2D eigenvalue weighted by atomic mass is 32.2. The molecule has 0 saturated heterocycles. The number of hydrogen-bond donors (Lipinski definition) is 1. The van der Waals surface area contributed by atoms with Gasteiger partial charge in [-0.15, -0.1) is 0 Å². The van der Waals surface area contributed by atoms with E-state index in [9.17, 15) is 26.4 Å². The van der Waals surface area contributed by atoms with Crippen molar-refractivity contribution < 1.29 is 26.4 Å². The molecule has 0 bridgehead atoms. The fraction of sp³-hybridized carbons (Fsp3) is 0.0714. The van der Waals surface area contributed by atoms with Gasteiger partial charge in [-0.1, -0.05) is 30.3 Å². The Morgan fingerprint density at radius 1 is 0.909 bits per heavy atom. The monoisotopic (exact) mass is 329 g/mol. The van der Waals surface area contributed by atoms with Crippen molar-refractivity contribution in [1.82, 2.24) is 0 Å². The minimum Gasteiger partial charge on any atom is -0.284 e. The molecule has 22 heavy (non-hydrogen) atoms. The van der Waals surface area contributed by atoms with Gasteiger partial charge in [0, 0.05) is 0 Å². The molecule has 0 aliphatic rings. The number of hydrogen-bond acceptors (Lipinski definition) is 3. The van der Waals surface area contributed by atoms with E-state index in [1.807, 2.05) is 4.72 Å². The second-order valence-corrected chi connectivity index (χ2v) is 5.97. The average Bonchev–Trinajstić information content (AvgIpc) is 2.47. The molecule has 0 spiro atoms. The lowest BCUT2D eigenvalue weighted by Gasteiger charge is -2.13. The number of alkyl halides is 3. The number of carbonyl (C=O) groups is 1. The highest BCUT2D eigenvalue weighted by Crippen LogP contribution is 2.27. The number of ketones is 1. The van der Waals surface area contributed by atoms with E-state index in [0.717, 1.165) is 12.1 Å². The highest BCUT2D eigenvalue weighted by Gasteiger charge is 2.40. The molecule has 0 fully saturated rings. The van der Waals surface area contributed by atoms with Crippen LogP contribution < -0.4 is 4.72 Å². The van der Waals surface area contributed by atoms with Gasteiger partial charge < -0.3 is 0 Å². The normalized spacial score (nSPS) is 12.0. The Labute approximate surface area is 124 Å². The van der Waals surface area contributed by atoms with Gasteiger partial charge in [-0.3, -0.25) is 9.52 Å². The summed E-state index contributed by atoms with van der Waals surface area (Å²) in [4.78, 5) is 11.2. The molecule has 2 aromatic rings. The summed E-state index contributed by atoms with van der Waals surface area (Å²) in [6.45, 7) is 0. The Hall–Kier alpha value is -2.35. The molecular formula is C14H10F3NO3S. The fourth-order valence-electron chi connectivity index (χ4n) is 1.73. The van der Waals surface area contributed by atoms with Gasteiger partial charge in [0.1, 0.15) is 0 Å². The molecule has 8 heteroatoms. The van der Waals surface area contributed by atoms with Crippen molar-refractivity contribution in [2.75, 3.05) is 4.72 Å². The van der Waals surface area contributed by atoms with Gasteiger partial charge in [0.25, 0.3) is 15.8 Å². The minimum absolute atomic E-state index is 0.121. The summed E-state index contributed by atoms with van der Waals surface area (Å²) in [5.41, 5.74) is -1.18. The van der Waals surface area contributed by atoms with E-state index in [0.29, 0.717) is 0 Å². The first-order chi connectivity index (χ1) is 10.2. The lowest BCUT2D eigenvalue weighted by atomic mass is 10.1. The quantitative estimate of drug-likeness (QED) is 0.876. The molecule has 2 aromatic carbocycles. The van der Waals surface area contributed by atoms with Gasteiger partial charge in [0.05, 0.1) is 16.1 Å². The standard InChI is InChI=1S/C14H10F3NO3S/c15-14(16,17)13(19)11-8-4-5-9-12(11)18-22(20,21)10-6-2-1-3-7-10/h1-9,18H. The summed E-state index contributed by atoms with van der Waals surface area (Å²) in [5.74, 6) is -2.11. The maximum absolute atomic E-state index is 12.5. The van der Waals surface area contributed by atoms with Crippen molar-refractivity contribution >= 4 is 21.5 Å². The van der Waals surface area contributed by atoms with Crippen LogP contribution in [-0.2, 0) is 10.0 Å². The van der Waals surface area contributed by atoms with Gasteiger partial charge in [-0.2, -0.15) is 13.2 Å². The smallest absolute Gasteiger partial charge is 0.284 e. The van der Waals surface area contributed by atoms with Crippen LogP contribution in [0.1, 0.15) is 10.4 Å². The summed E-state index contributed by atoms with van der Waals surface area (Å²) in [7, 11) is -4.08. The predicted molar refractivity (Wildman–Crippen MR) is 74.1 cm³/mol. The van der Waals surface area contributed by atoms with Crippen molar-refractivity contribution in [2.45, 2.75) is 11.1 Å². The summed E-state index contributed by atoms with van der Waals surface area (Å²) >= 11 is 0. The van der Waals surface area contributed by atoms with Crippen LogP contribution in [0.15, 0.2) is 59.5 Å². The predicted octanol–water partition coefficient (Wildman–Crippen LogP) is 3.23. The van der Waals surface area contributed by atoms with Crippen LogP contribution in [0.4, 0.5) is 18.9 Å². The van der Waals surface area contributed by atoms with Crippen LogP contribution in [0.2, 0.25) is 0 Å². The molecule has 0 saturated carbocycles. The maximum atomic E-state index is 12.5. The molecule has 0 aliphatic carbocycles. The number of sulfonamides is 1. The molecule has 2 rings (SSSR count).